The summed E-state index contributed by atoms with van der Waals surface area (Å²) < 4.78 is 0. The maximum atomic E-state index is 8.95. The van der Waals surface area contributed by atoms with Crippen molar-refractivity contribution in [2.75, 3.05) is 6.61 Å². The third kappa shape index (κ3) is 3.52. The first-order valence-corrected chi connectivity index (χ1v) is 7.30. The fraction of sp³-hybridized carbons (Fsp3) is 0.333. The highest BCUT2D eigenvalue weighted by molar-refractivity contribution is 7.99. The topological polar surface area (TPSA) is 46.0 Å². The summed E-state index contributed by atoms with van der Waals surface area (Å²) in [7, 11) is 0. The van der Waals surface area contributed by atoms with Crippen molar-refractivity contribution in [1.29, 1.82) is 0 Å². The van der Waals surface area contributed by atoms with E-state index in [1.54, 1.807) is 29.3 Å². The molecule has 2 rings (SSSR count). The molecule has 90 valence electrons. The van der Waals surface area contributed by atoms with Gasteiger partial charge >= 0.3 is 0 Å². The Hall–Kier alpha value is -0.910. The molecule has 3 nitrogen and oxygen atoms in total. The summed E-state index contributed by atoms with van der Waals surface area (Å²) in [5.74, 6) is 0.838. The Balaban J connectivity index is 2.01. The smallest absolute Gasteiger partial charge is 0.142 e. The molecule has 2 aromatic rings. The van der Waals surface area contributed by atoms with Gasteiger partial charge < -0.3 is 5.11 Å². The molecule has 0 amide bonds. The number of pyridine rings is 1. The van der Waals surface area contributed by atoms with Gasteiger partial charge in [0.1, 0.15) is 5.01 Å². The van der Waals surface area contributed by atoms with Crippen molar-refractivity contribution in [3.8, 4) is 10.7 Å². The molecular formula is C12H14N2OS2. The van der Waals surface area contributed by atoms with E-state index in [-0.39, 0.29) is 11.9 Å². The van der Waals surface area contributed by atoms with Gasteiger partial charge in [0.2, 0.25) is 0 Å². The number of thioether (sulfide) groups is 1. The summed E-state index contributed by atoms with van der Waals surface area (Å²) in [5, 5.41) is 12.2. The van der Waals surface area contributed by atoms with E-state index in [1.807, 2.05) is 25.1 Å². The average molecular weight is 266 g/mol. The molecule has 0 saturated heterocycles. The van der Waals surface area contributed by atoms with Gasteiger partial charge in [-0.25, -0.2) is 4.98 Å². The van der Waals surface area contributed by atoms with Crippen LogP contribution in [0.15, 0.2) is 29.8 Å². The second kappa shape index (κ2) is 6.14. The van der Waals surface area contributed by atoms with E-state index < -0.39 is 0 Å². The Morgan fingerprint density at radius 2 is 2.35 bits per heavy atom. The summed E-state index contributed by atoms with van der Waals surface area (Å²) in [4.78, 5) is 8.82. The van der Waals surface area contributed by atoms with Gasteiger partial charge in [-0.15, -0.1) is 11.3 Å². The predicted molar refractivity (Wildman–Crippen MR) is 73.2 cm³/mol. The zero-order valence-electron chi connectivity index (χ0n) is 9.54. The fourth-order valence-electron chi connectivity index (χ4n) is 1.26. The molecule has 0 bridgehead atoms. The molecule has 1 unspecified atom stereocenters. The molecule has 2 heterocycles. The van der Waals surface area contributed by atoms with Gasteiger partial charge in [0.15, 0.2) is 0 Å². The van der Waals surface area contributed by atoms with Crippen molar-refractivity contribution in [2.45, 2.75) is 17.9 Å². The minimum absolute atomic E-state index is 0.210. The van der Waals surface area contributed by atoms with Crippen LogP contribution in [0, 0.1) is 0 Å². The van der Waals surface area contributed by atoms with Crippen LogP contribution in [0.5, 0.6) is 0 Å². The molecule has 0 aromatic carbocycles. The van der Waals surface area contributed by atoms with Crippen molar-refractivity contribution < 1.29 is 5.11 Å². The third-order valence-electron chi connectivity index (χ3n) is 2.21. The van der Waals surface area contributed by atoms with Gasteiger partial charge in [-0.1, -0.05) is 13.0 Å². The molecule has 0 aliphatic carbocycles. The van der Waals surface area contributed by atoms with Crippen molar-refractivity contribution >= 4 is 23.1 Å². The zero-order valence-corrected chi connectivity index (χ0v) is 11.2. The maximum Gasteiger partial charge on any atom is 0.142 e. The molecule has 0 radical (unpaired) electrons. The van der Waals surface area contributed by atoms with Crippen LogP contribution in [0.2, 0.25) is 0 Å². The average Bonchev–Trinajstić information content (AvgIpc) is 2.86. The SMILES string of the molecule is CC(CO)SCc1csc(-c2ccccn2)n1. The lowest BCUT2D eigenvalue weighted by molar-refractivity contribution is 0.300. The van der Waals surface area contributed by atoms with Gasteiger partial charge in [-0.3, -0.25) is 4.98 Å². The number of aliphatic hydroxyl groups excluding tert-OH is 1. The molecule has 1 N–H and O–H groups in total. The number of aromatic nitrogens is 2. The minimum atomic E-state index is 0.210. The van der Waals surface area contributed by atoms with Crippen LogP contribution >= 0.6 is 23.1 Å². The molecule has 0 aliphatic rings. The molecule has 0 aliphatic heterocycles. The summed E-state index contributed by atoms with van der Waals surface area (Å²) >= 11 is 3.32. The second-order valence-corrected chi connectivity index (χ2v) is 5.95. The molecule has 0 saturated carbocycles. The number of nitrogens with zero attached hydrogens (tertiary/aromatic N) is 2. The standard InChI is InChI=1S/C12H14N2OS2/c1-9(6-15)16-7-10-8-17-12(14-10)11-4-2-3-5-13-11/h2-5,8-9,15H,6-7H2,1H3. The van der Waals surface area contributed by atoms with Crippen molar-refractivity contribution in [1.82, 2.24) is 9.97 Å². The van der Waals surface area contributed by atoms with E-state index in [0.717, 1.165) is 22.1 Å². The molecule has 0 spiro atoms. The zero-order chi connectivity index (χ0) is 12.1. The van der Waals surface area contributed by atoms with Crippen molar-refractivity contribution in [3.05, 3.63) is 35.5 Å². The Kier molecular flexibility index (Phi) is 4.53. The first-order chi connectivity index (χ1) is 8.29. The van der Waals surface area contributed by atoms with Crippen LogP contribution in [-0.2, 0) is 5.75 Å². The number of thiazole rings is 1. The molecule has 5 heteroatoms. The van der Waals surface area contributed by atoms with Crippen molar-refractivity contribution in [3.63, 3.8) is 0 Å². The van der Waals surface area contributed by atoms with Crippen LogP contribution in [0.1, 0.15) is 12.6 Å². The first-order valence-electron chi connectivity index (χ1n) is 5.38. The lowest BCUT2D eigenvalue weighted by Crippen LogP contribution is -2.02. The Bertz CT molecular complexity index is 459. The highest BCUT2D eigenvalue weighted by Crippen LogP contribution is 2.24. The number of aliphatic hydroxyl groups is 1. The highest BCUT2D eigenvalue weighted by atomic mass is 32.2. The molecule has 1 atom stereocenters. The van der Waals surface area contributed by atoms with Crippen LogP contribution in [0.4, 0.5) is 0 Å². The van der Waals surface area contributed by atoms with Gasteiger partial charge in [-0.05, 0) is 12.1 Å². The summed E-state index contributed by atoms with van der Waals surface area (Å²) in [5.41, 5.74) is 1.98. The van der Waals surface area contributed by atoms with E-state index in [4.69, 9.17) is 5.11 Å². The van der Waals surface area contributed by atoms with Gasteiger partial charge in [-0.2, -0.15) is 11.8 Å². The lowest BCUT2D eigenvalue weighted by atomic mass is 10.4. The second-order valence-electron chi connectivity index (χ2n) is 3.66. The van der Waals surface area contributed by atoms with Crippen LogP contribution < -0.4 is 0 Å². The van der Waals surface area contributed by atoms with E-state index in [0.29, 0.717) is 0 Å². The van der Waals surface area contributed by atoms with E-state index >= 15 is 0 Å². The number of hydrogen-bond donors (Lipinski definition) is 1. The van der Waals surface area contributed by atoms with Crippen LogP contribution in [0.25, 0.3) is 10.7 Å². The lowest BCUT2D eigenvalue weighted by Gasteiger charge is -2.04. The third-order valence-corrected chi connectivity index (χ3v) is 4.30. The largest absolute Gasteiger partial charge is 0.395 e. The first kappa shape index (κ1) is 12.5. The number of rotatable bonds is 5. The van der Waals surface area contributed by atoms with Crippen molar-refractivity contribution in [2.24, 2.45) is 0 Å². The Morgan fingerprint density at radius 1 is 1.47 bits per heavy atom. The summed E-state index contributed by atoms with van der Waals surface area (Å²) in [6, 6.07) is 5.83. The monoisotopic (exact) mass is 266 g/mol. The normalized spacial score (nSPS) is 12.6. The molecule has 17 heavy (non-hydrogen) atoms. The number of hydrogen-bond acceptors (Lipinski definition) is 5. The minimum Gasteiger partial charge on any atom is -0.395 e. The van der Waals surface area contributed by atoms with Gasteiger partial charge in [0.05, 0.1) is 18.0 Å². The van der Waals surface area contributed by atoms with Gasteiger partial charge in [0, 0.05) is 22.6 Å². The molecule has 0 fully saturated rings. The quantitative estimate of drug-likeness (QED) is 0.904. The Labute approximate surface area is 109 Å². The maximum absolute atomic E-state index is 8.95. The molecule has 2 aromatic heterocycles. The highest BCUT2D eigenvalue weighted by Gasteiger charge is 2.07. The van der Waals surface area contributed by atoms with Crippen LogP contribution in [0.3, 0.4) is 0 Å². The fourth-order valence-corrected chi connectivity index (χ4v) is 2.87. The summed E-state index contributed by atoms with van der Waals surface area (Å²) in [6.07, 6.45) is 1.78. The Morgan fingerprint density at radius 3 is 3.06 bits per heavy atom. The van der Waals surface area contributed by atoms with E-state index in [1.165, 1.54) is 0 Å². The van der Waals surface area contributed by atoms with Gasteiger partial charge in [0.25, 0.3) is 0 Å². The predicted octanol–water partition coefficient (Wildman–Crippen LogP) is 2.82. The van der Waals surface area contributed by atoms with E-state index in [2.05, 4.69) is 15.3 Å². The van der Waals surface area contributed by atoms with E-state index in [9.17, 15) is 0 Å². The summed E-state index contributed by atoms with van der Waals surface area (Å²) in [6.45, 7) is 2.22. The molecular weight excluding hydrogens is 252 g/mol. The van der Waals surface area contributed by atoms with Crippen LogP contribution in [-0.4, -0.2) is 26.9 Å².